The summed E-state index contributed by atoms with van der Waals surface area (Å²) in [5.74, 6) is -1.44. The molecule has 0 unspecified atom stereocenters. The Morgan fingerprint density at radius 3 is 2.57 bits per heavy atom. The number of amides is 1. The topological polar surface area (TPSA) is 98.3 Å². The van der Waals surface area contributed by atoms with Crippen LogP contribution in [0.2, 0.25) is 5.02 Å². The van der Waals surface area contributed by atoms with Crippen LogP contribution >= 0.6 is 11.6 Å². The Balaban J connectivity index is 2.29. The number of carbonyl (C=O) groups excluding carboxylic acids is 1. The quantitative estimate of drug-likeness (QED) is 0.516. The number of nitrogens with two attached hydrogens (primary N) is 1. The van der Waals surface area contributed by atoms with Crippen molar-refractivity contribution in [2.45, 2.75) is 0 Å². The fourth-order valence-electron chi connectivity index (χ4n) is 1.70. The van der Waals surface area contributed by atoms with E-state index in [1.807, 2.05) is 0 Å². The van der Waals surface area contributed by atoms with E-state index >= 15 is 0 Å². The summed E-state index contributed by atoms with van der Waals surface area (Å²) in [4.78, 5) is 21.9. The maximum atomic E-state index is 13.3. The zero-order valence-electron chi connectivity index (χ0n) is 10.5. The Kier molecular flexibility index (Phi) is 4.04. The molecule has 0 fully saturated rings. The van der Waals surface area contributed by atoms with E-state index in [-0.39, 0.29) is 22.0 Å². The van der Waals surface area contributed by atoms with Crippen molar-refractivity contribution in [3.63, 3.8) is 0 Å². The lowest BCUT2D eigenvalue weighted by Gasteiger charge is -2.07. The first-order valence-corrected chi connectivity index (χ1v) is 6.05. The van der Waals surface area contributed by atoms with Gasteiger partial charge in [0, 0.05) is 22.3 Å². The molecule has 0 aromatic heterocycles. The molecule has 6 nitrogen and oxygen atoms in total. The van der Waals surface area contributed by atoms with Gasteiger partial charge in [-0.2, -0.15) is 0 Å². The summed E-state index contributed by atoms with van der Waals surface area (Å²) >= 11 is 5.78. The van der Waals surface area contributed by atoms with Crippen molar-refractivity contribution < 1.29 is 14.1 Å². The lowest BCUT2D eigenvalue weighted by molar-refractivity contribution is -0.385. The van der Waals surface area contributed by atoms with Crippen LogP contribution < -0.4 is 11.1 Å². The molecule has 0 radical (unpaired) electrons. The van der Waals surface area contributed by atoms with Crippen molar-refractivity contribution >= 4 is 34.6 Å². The van der Waals surface area contributed by atoms with E-state index in [1.54, 1.807) is 0 Å². The van der Waals surface area contributed by atoms with Crippen LogP contribution in [0.5, 0.6) is 0 Å². The monoisotopic (exact) mass is 309 g/mol. The third-order valence-electron chi connectivity index (χ3n) is 2.53. The summed E-state index contributed by atoms with van der Waals surface area (Å²) in [5.41, 5.74) is 5.51. The molecular weight excluding hydrogens is 301 g/mol. The maximum absolute atomic E-state index is 13.3. The second-order valence-electron chi connectivity index (χ2n) is 4.18. The van der Waals surface area contributed by atoms with Gasteiger partial charge in [0.2, 0.25) is 0 Å². The van der Waals surface area contributed by atoms with Crippen molar-refractivity contribution in [1.82, 2.24) is 0 Å². The number of hydrogen-bond acceptors (Lipinski definition) is 4. The smallest absolute Gasteiger partial charge is 0.274 e. The molecule has 0 saturated heterocycles. The largest absolute Gasteiger partial charge is 0.399 e. The van der Waals surface area contributed by atoms with Crippen molar-refractivity contribution in [2.24, 2.45) is 0 Å². The van der Waals surface area contributed by atoms with Gasteiger partial charge in [-0.25, -0.2) is 4.39 Å². The number of halogens is 2. The highest BCUT2D eigenvalue weighted by molar-refractivity contribution is 6.31. The molecule has 0 saturated carbocycles. The van der Waals surface area contributed by atoms with Crippen molar-refractivity contribution in [3.05, 3.63) is 62.9 Å². The fourth-order valence-corrected chi connectivity index (χ4v) is 1.94. The Labute approximate surface area is 123 Å². The summed E-state index contributed by atoms with van der Waals surface area (Å²) in [6, 6.07) is 7.00. The molecule has 3 N–H and O–H groups in total. The molecule has 2 rings (SSSR count). The number of carbonyl (C=O) groups is 1. The molecule has 0 aliphatic carbocycles. The van der Waals surface area contributed by atoms with Gasteiger partial charge in [-0.05, 0) is 24.3 Å². The third-order valence-corrected chi connectivity index (χ3v) is 2.75. The molecule has 0 atom stereocenters. The lowest BCUT2D eigenvalue weighted by Crippen LogP contribution is -2.12. The minimum atomic E-state index is -0.829. The molecule has 0 heterocycles. The van der Waals surface area contributed by atoms with Gasteiger partial charge in [-0.3, -0.25) is 14.9 Å². The number of nitro benzene ring substituents is 1. The van der Waals surface area contributed by atoms with Crippen LogP contribution in [0.25, 0.3) is 0 Å². The van der Waals surface area contributed by atoms with Gasteiger partial charge in [-0.1, -0.05) is 11.6 Å². The van der Waals surface area contributed by atoms with Gasteiger partial charge in [0.05, 0.1) is 16.7 Å². The zero-order valence-corrected chi connectivity index (χ0v) is 11.2. The molecule has 21 heavy (non-hydrogen) atoms. The number of nitrogens with one attached hydrogen (secondary N) is 1. The van der Waals surface area contributed by atoms with Crippen LogP contribution in [0.3, 0.4) is 0 Å². The molecular formula is C13H9ClFN3O3. The third kappa shape index (κ3) is 3.67. The number of rotatable bonds is 3. The highest BCUT2D eigenvalue weighted by atomic mass is 35.5. The van der Waals surface area contributed by atoms with Crippen LogP contribution in [0.4, 0.5) is 21.5 Å². The van der Waals surface area contributed by atoms with Crippen molar-refractivity contribution in [2.75, 3.05) is 11.1 Å². The standard InChI is InChI=1S/C13H9ClFN3O3/c14-8-1-7(2-10(16)3-8)13(19)17-11-4-9(15)5-12(6-11)18(20)21/h1-6H,16H2,(H,17,19). The van der Waals surface area contributed by atoms with E-state index in [1.165, 1.54) is 18.2 Å². The van der Waals surface area contributed by atoms with E-state index in [2.05, 4.69) is 5.32 Å². The molecule has 2 aromatic carbocycles. The van der Waals surface area contributed by atoms with Crippen LogP contribution in [0, 0.1) is 15.9 Å². The summed E-state index contributed by atoms with van der Waals surface area (Å²) in [6.07, 6.45) is 0. The minimum Gasteiger partial charge on any atom is -0.399 e. The first-order chi connectivity index (χ1) is 9.85. The van der Waals surface area contributed by atoms with Gasteiger partial charge in [0.1, 0.15) is 5.82 Å². The molecule has 0 spiro atoms. The van der Waals surface area contributed by atoms with Gasteiger partial charge in [0.25, 0.3) is 11.6 Å². The van der Waals surface area contributed by atoms with E-state index in [4.69, 9.17) is 17.3 Å². The molecule has 1 amide bonds. The van der Waals surface area contributed by atoms with E-state index in [0.29, 0.717) is 0 Å². The van der Waals surface area contributed by atoms with Crippen LogP contribution in [-0.2, 0) is 0 Å². The number of nitrogen functional groups attached to an aromatic ring is 1. The number of nitrogens with zero attached hydrogens (tertiary/aromatic N) is 1. The molecule has 8 heteroatoms. The number of hydrogen-bond donors (Lipinski definition) is 2. The Morgan fingerprint density at radius 1 is 1.24 bits per heavy atom. The van der Waals surface area contributed by atoms with Gasteiger partial charge < -0.3 is 11.1 Å². The number of benzene rings is 2. The van der Waals surface area contributed by atoms with Gasteiger partial charge in [0.15, 0.2) is 0 Å². The first-order valence-electron chi connectivity index (χ1n) is 5.67. The second-order valence-corrected chi connectivity index (χ2v) is 4.62. The van der Waals surface area contributed by atoms with Crippen molar-refractivity contribution in [3.8, 4) is 0 Å². The summed E-state index contributed by atoms with van der Waals surface area (Å²) < 4.78 is 13.3. The highest BCUT2D eigenvalue weighted by Crippen LogP contribution is 2.22. The van der Waals surface area contributed by atoms with E-state index < -0.39 is 22.3 Å². The van der Waals surface area contributed by atoms with Gasteiger partial charge in [-0.15, -0.1) is 0 Å². The Morgan fingerprint density at radius 2 is 1.95 bits per heavy atom. The first kappa shape index (κ1) is 14.7. The van der Waals surface area contributed by atoms with Crippen LogP contribution in [0.1, 0.15) is 10.4 Å². The Hall–Kier alpha value is -2.67. The van der Waals surface area contributed by atoms with E-state index in [9.17, 15) is 19.3 Å². The molecule has 0 aliphatic rings. The average molecular weight is 310 g/mol. The second kappa shape index (κ2) is 5.76. The van der Waals surface area contributed by atoms with E-state index in [0.717, 1.165) is 18.2 Å². The Bertz CT molecular complexity index is 716. The summed E-state index contributed by atoms with van der Waals surface area (Å²) in [6.45, 7) is 0. The minimum absolute atomic E-state index is 0.0368. The summed E-state index contributed by atoms with van der Waals surface area (Å²) in [7, 11) is 0. The maximum Gasteiger partial charge on any atom is 0.274 e. The average Bonchev–Trinajstić information content (AvgIpc) is 2.36. The fraction of sp³-hybridized carbons (Fsp3) is 0. The van der Waals surface area contributed by atoms with Crippen molar-refractivity contribution in [1.29, 1.82) is 0 Å². The normalized spacial score (nSPS) is 10.2. The molecule has 108 valence electrons. The zero-order chi connectivity index (χ0) is 15.6. The SMILES string of the molecule is Nc1cc(Cl)cc(C(=O)Nc2cc(F)cc([N+](=O)[O-])c2)c1. The summed E-state index contributed by atoms with van der Waals surface area (Å²) in [5, 5.41) is 13.3. The molecule has 2 aromatic rings. The van der Waals surface area contributed by atoms with Crippen LogP contribution in [-0.4, -0.2) is 10.8 Å². The highest BCUT2D eigenvalue weighted by Gasteiger charge is 2.13. The number of non-ortho nitro benzene ring substituents is 1. The van der Waals surface area contributed by atoms with Gasteiger partial charge >= 0.3 is 0 Å². The molecule has 0 aliphatic heterocycles. The molecule has 0 bridgehead atoms. The van der Waals surface area contributed by atoms with Crippen LogP contribution in [0.15, 0.2) is 36.4 Å². The predicted octanol–water partition coefficient (Wildman–Crippen LogP) is 3.22. The number of anilines is 2. The number of nitro groups is 1. The lowest BCUT2D eigenvalue weighted by atomic mass is 10.2. The predicted molar refractivity (Wildman–Crippen MR) is 76.9 cm³/mol.